The SMILES string of the molecule is COc1ccc(OCC(C)CCl)cc1[N+](=O)[O-]. The van der Waals surface area contributed by atoms with Gasteiger partial charge in [-0.2, -0.15) is 0 Å². The van der Waals surface area contributed by atoms with Crippen molar-refractivity contribution in [2.24, 2.45) is 5.92 Å². The largest absolute Gasteiger partial charge is 0.493 e. The molecule has 17 heavy (non-hydrogen) atoms. The third kappa shape index (κ3) is 3.78. The molecule has 0 amide bonds. The van der Waals surface area contributed by atoms with Crippen molar-refractivity contribution in [1.82, 2.24) is 0 Å². The summed E-state index contributed by atoms with van der Waals surface area (Å²) in [7, 11) is 1.39. The molecule has 0 radical (unpaired) electrons. The molecule has 0 aliphatic heterocycles. The summed E-state index contributed by atoms with van der Waals surface area (Å²) in [5.41, 5.74) is -0.108. The first-order valence-corrected chi connectivity index (χ1v) is 5.63. The van der Waals surface area contributed by atoms with Crippen molar-refractivity contribution in [1.29, 1.82) is 0 Å². The van der Waals surface area contributed by atoms with Gasteiger partial charge in [0.2, 0.25) is 0 Å². The monoisotopic (exact) mass is 259 g/mol. The first-order chi connectivity index (χ1) is 8.08. The van der Waals surface area contributed by atoms with Crippen LogP contribution in [-0.4, -0.2) is 24.5 Å². The van der Waals surface area contributed by atoms with Gasteiger partial charge in [0.15, 0.2) is 5.75 Å². The summed E-state index contributed by atoms with van der Waals surface area (Å²) in [6.45, 7) is 2.36. The molecular formula is C11H14ClNO4. The van der Waals surface area contributed by atoms with E-state index >= 15 is 0 Å². The lowest BCUT2D eigenvalue weighted by Gasteiger charge is -2.10. The number of hydrogen-bond acceptors (Lipinski definition) is 4. The number of methoxy groups -OCH3 is 1. The molecule has 0 fully saturated rings. The molecule has 0 N–H and O–H groups in total. The van der Waals surface area contributed by atoms with E-state index in [2.05, 4.69) is 0 Å². The molecule has 1 atom stereocenters. The van der Waals surface area contributed by atoms with Crippen molar-refractivity contribution in [3.05, 3.63) is 28.3 Å². The van der Waals surface area contributed by atoms with Crippen molar-refractivity contribution < 1.29 is 14.4 Å². The minimum atomic E-state index is -0.503. The molecule has 1 rings (SSSR count). The smallest absolute Gasteiger partial charge is 0.314 e. The second kappa shape index (κ2) is 6.30. The lowest BCUT2D eigenvalue weighted by atomic mass is 10.2. The summed E-state index contributed by atoms with van der Waals surface area (Å²) < 4.78 is 10.3. The molecule has 0 aromatic heterocycles. The third-order valence-corrected chi connectivity index (χ3v) is 2.67. The minimum absolute atomic E-state index is 0.108. The Morgan fingerprint density at radius 1 is 1.53 bits per heavy atom. The second-order valence-electron chi connectivity index (χ2n) is 3.66. The highest BCUT2D eigenvalue weighted by Gasteiger charge is 2.16. The number of hydrogen-bond donors (Lipinski definition) is 0. The zero-order valence-corrected chi connectivity index (χ0v) is 10.4. The van der Waals surface area contributed by atoms with Gasteiger partial charge in [0, 0.05) is 11.8 Å². The van der Waals surface area contributed by atoms with E-state index < -0.39 is 4.92 Å². The highest BCUT2D eigenvalue weighted by molar-refractivity contribution is 6.18. The molecule has 0 bridgehead atoms. The van der Waals surface area contributed by atoms with Crippen LogP contribution in [0.15, 0.2) is 18.2 Å². The number of alkyl halides is 1. The standard InChI is InChI=1S/C11H14ClNO4/c1-8(6-12)7-17-9-3-4-11(16-2)10(5-9)13(14)15/h3-5,8H,6-7H2,1-2H3. The number of rotatable bonds is 6. The molecule has 0 aliphatic rings. The molecule has 1 aromatic rings. The predicted octanol–water partition coefficient (Wildman–Crippen LogP) is 2.86. The summed E-state index contributed by atoms with van der Waals surface area (Å²) in [5, 5.41) is 10.8. The van der Waals surface area contributed by atoms with Gasteiger partial charge in [-0.3, -0.25) is 10.1 Å². The van der Waals surface area contributed by atoms with Crippen molar-refractivity contribution in [3.8, 4) is 11.5 Å². The summed E-state index contributed by atoms with van der Waals surface area (Å²) in [6.07, 6.45) is 0. The van der Waals surface area contributed by atoms with Crippen LogP contribution in [-0.2, 0) is 0 Å². The van der Waals surface area contributed by atoms with Gasteiger partial charge < -0.3 is 9.47 Å². The fourth-order valence-electron chi connectivity index (χ4n) is 1.19. The number of nitro groups is 1. The fraction of sp³-hybridized carbons (Fsp3) is 0.455. The maximum Gasteiger partial charge on any atom is 0.314 e. The van der Waals surface area contributed by atoms with Crippen LogP contribution in [0.5, 0.6) is 11.5 Å². The summed E-state index contributed by atoms with van der Waals surface area (Å²) in [6, 6.07) is 4.49. The van der Waals surface area contributed by atoms with E-state index in [1.54, 1.807) is 6.07 Å². The van der Waals surface area contributed by atoms with Gasteiger partial charge in [0.05, 0.1) is 24.7 Å². The molecule has 0 saturated carbocycles. The molecule has 1 aromatic carbocycles. The summed E-state index contributed by atoms with van der Waals surface area (Å²) in [5.74, 6) is 1.33. The van der Waals surface area contributed by atoms with Crippen LogP contribution in [0.25, 0.3) is 0 Å². The van der Waals surface area contributed by atoms with E-state index in [-0.39, 0.29) is 17.4 Å². The molecule has 1 unspecified atom stereocenters. The number of nitrogens with zero attached hydrogens (tertiary/aromatic N) is 1. The van der Waals surface area contributed by atoms with Crippen LogP contribution in [0.3, 0.4) is 0 Å². The Morgan fingerprint density at radius 3 is 2.76 bits per heavy atom. The van der Waals surface area contributed by atoms with Crippen molar-refractivity contribution >= 4 is 17.3 Å². The Kier molecular flexibility index (Phi) is 5.03. The van der Waals surface area contributed by atoms with Gasteiger partial charge in [0.1, 0.15) is 5.75 Å². The number of ether oxygens (including phenoxy) is 2. The highest BCUT2D eigenvalue weighted by Crippen LogP contribution is 2.30. The van der Waals surface area contributed by atoms with Crippen LogP contribution in [0, 0.1) is 16.0 Å². The van der Waals surface area contributed by atoms with E-state index in [0.717, 1.165) is 0 Å². The Hall–Kier alpha value is -1.49. The number of benzene rings is 1. The Morgan fingerprint density at radius 2 is 2.24 bits per heavy atom. The van der Waals surface area contributed by atoms with Crippen LogP contribution < -0.4 is 9.47 Å². The van der Waals surface area contributed by atoms with E-state index in [1.165, 1.54) is 19.2 Å². The molecule has 0 spiro atoms. The zero-order chi connectivity index (χ0) is 12.8. The first-order valence-electron chi connectivity index (χ1n) is 5.09. The van der Waals surface area contributed by atoms with E-state index in [1.807, 2.05) is 6.92 Å². The van der Waals surface area contributed by atoms with Gasteiger partial charge in [-0.05, 0) is 12.1 Å². The summed E-state index contributed by atoms with van der Waals surface area (Å²) >= 11 is 5.64. The summed E-state index contributed by atoms with van der Waals surface area (Å²) in [4.78, 5) is 10.3. The average molecular weight is 260 g/mol. The topological polar surface area (TPSA) is 61.6 Å². The average Bonchev–Trinajstić information content (AvgIpc) is 2.35. The lowest BCUT2D eigenvalue weighted by Crippen LogP contribution is -2.09. The molecule has 6 heteroatoms. The Labute approximate surface area is 104 Å². The van der Waals surface area contributed by atoms with Gasteiger partial charge in [-0.1, -0.05) is 6.92 Å². The van der Waals surface area contributed by atoms with Crippen LogP contribution in [0.2, 0.25) is 0 Å². The van der Waals surface area contributed by atoms with Crippen LogP contribution >= 0.6 is 11.6 Å². The molecule has 5 nitrogen and oxygen atoms in total. The molecular weight excluding hydrogens is 246 g/mol. The Balaban J connectivity index is 2.81. The fourth-order valence-corrected chi connectivity index (χ4v) is 1.27. The van der Waals surface area contributed by atoms with E-state index in [9.17, 15) is 10.1 Å². The molecule has 0 saturated heterocycles. The highest BCUT2D eigenvalue weighted by atomic mass is 35.5. The van der Waals surface area contributed by atoms with Gasteiger partial charge in [-0.15, -0.1) is 11.6 Å². The van der Waals surface area contributed by atoms with Crippen LogP contribution in [0.4, 0.5) is 5.69 Å². The number of nitro benzene ring substituents is 1. The van der Waals surface area contributed by atoms with E-state index in [4.69, 9.17) is 21.1 Å². The van der Waals surface area contributed by atoms with Crippen molar-refractivity contribution in [3.63, 3.8) is 0 Å². The maximum absolute atomic E-state index is 10.8. The lowest BCUT2D eigenvalue weighted by molar-refractivity contribution is -0.385. The zero-order valence-electron chi connectivity index (χ0n) is 9.68. The second-order valence-corrected chi connectivity index (χ2v) is 3.97. The van der Waals surface area contributed by atoms with Crippen molar-refractivity contribution in [2.45, 2.75) is 6.92 Å². The normalized spacial score (nSPS) is 11.9. The Bertz CT molecular complexity index is 397. The number of halogens is 1. The molecule has 94 valence electrons. The molecule has 0 aliphatic carbocycles. The quantitative estimate of drug-likeness (QED) is 0.448. The third-order valence-electron chi connectivity index (χ3n) is 2.14. The van der Waals surface area contributed by atoms with Gasteiger partial charge >= 0.3 is 5.69 Å². The van der Waals surface area contributed by atoms with E-state index in [0.29, 0.717) is 18.2 Å². The van der Waals surface area contributed by atoms with Crippen molar-refractivity contribution in [2.75, 3.05) is 19.6 Å². The molecule has 0 heterocycles. The predicted molar refractivity (Wildman–Crippen MR) is 65.0 cm³/mol. The first kappa shape index (κ1) is 13.6. The van der Waals surface area contributed by atoms with Gasteiger partial charge in [0.25, 0.3) is 0 Å². The van der Waals surface area contributed by atoms with Gasteiger partial charge in [-0.25, -0.2) is 0 Å². The minimum Gasteiger partial charge on any atom is -0.493 e. The maximum atomic E-state index is 10.8. The van der Waals surface area contributed by atoms with Crippen LogP contribution in [0.1, 0.15) is 6.92 Å².